The van der Waals surface area contributed by atoms with Crippen LogP contribution in [0.25, 0.3) is 0 Å². The first kappa shape index (κ1) is 22.1. The molecule has 0 radical (unpaired) electrons. The van der Waals surface area contributed by atoms with Gasteiger partial charge in [0.05, 0.1) is 0 Å². The molecule has 0 bridgehead atoms. The quantitative estimate of drug-likeness (QED) is 0.799. The van der Waals surface area contributed by atoms with Gasteiger partial charge in [0.15, 0.2) is 0 Å². The Balaban J connectivity index is 1.35. The lowest BCUT2D eigenvalue weighted by atomic mass is 9.89. The molecule has 6 heteroatoms. The van der Waals surface area contributed by atoms with Crippen LogP contribution in [0.15, 0.2) is 24.3 Å². The number of benzene rings is 1. The molecule has 0 aliphatic carbocycles. The van der Waals surface area contributed by atoms with E-state index in [4.69, 9.17) is 0 Å². The van der Waals surface area contributed by atoms with Gasteiger partial charge in [0.2, 0.25) is 0 Å². The molecule has 31 heavy (non-hydrogen) atoms. The van der Waals surface area contributed by atoms with Crippen LogP contribution in [-0.4, -0.2) is 78.5 Å². The lowest BCUT2D eigenvalue weighted by Gasteiger charge is -2.40. The molecule has 3 aliphatic heterocycles. The Morgan fingerprint density at radius 1 is 0.935 bits per heavy atom. The summed E-state index contributed by atoms with van der Waals surface area (Å²) < 4.78 is 0. The van der Waals surface area contributed by atoms with Crippen molar-refractivity contribution in [2.45, 2.75) is 63.8 Å². The molecular formula is C25H38N4O2. The first-order chi connectivity index (χ1) is 15.2. The number of hydrogen-bond donors (Lipinski definition) is 1. The number of urea groups is 1. The van der Waals surface area contributed by atoms with E-state index in [9.17, 15) is 9.59 Å². The van der Waals surface area contributed by atoms with Crippen molar-refractivity contribution in [3.05, 3.63) is 35.4 Å². The molecular weight excluding hydrogens is 388 g/mol. The van der Waals surface area contributed by atoms with Crippen LogP contribution in [0, 0.1) is 0 Å². The minimum atomic E-state index is 0.0241. The van der Waals surface area contributed by atoms with Crippen LogP contribution < -0.4 is 5.32 Å². The molecule has 1 atom stereocenters. The van der Waals surface area contributed by atoms with Crippen molar-refractivity contribution in [1.82, 2.24) is 20.0 Å². The van der Waals surface area contributed by atoms with Crippen LogP contribution in [0.3, 0.4) is 0 Å². The Hall–Kier alpha value is -2.08. The molecule has 3 aliphatic rings. The second-order valence-electron chi connectivity index (χ2n) is 9.37. The van der Waals surface area contributed by atoms with E-state index < -0.39 is 0 Å². The van der Waals surface area contributed by atoms with Gasteiger partial charge in [0.1, 0.15) is 0 Å². The third-order valence-corrected chi connectivity index (χ3v) is 7.30. The molecule has 170 valence electrons. The smallest absolute Gasteiger partial charge is 0.317 e. The monoisotopic (exact) mass is 426 g/mol. The number of amides is 3. The number of carbonyl (C=O) groups is 2. The summed E-state index contributed by atoms with van der Waals surface area (Å²) in [7, 11) is 0. The van der Waals surface area contributed by atoms with Crippen LogP contribution in [0.4, 0.5) is 4.79 Å². The Bertz CT molecular complexity index is 754. The number of likely N-dealkylation sites (tertiary alicyclic amines) is 3. The molecule has 1 aromatic carbocycles. The summed E-state index contributed by atoms with van der Waals surface area (Å²) in [5, 5.41) is 2.91. The number of hydrogen-bond acceptors (Lipinski definition) is 3. The first-order valence-electron chi connectivity index (χ1n) is 12.3. The number of rotatable bonds is 4. The molecule has 6 nitrogen and oxygen atoms in total. The second kappa shape index (κ2) is 10.5. The summed E-state index contributed by atoms with van der Waals surface area (Å²) in [5.74, 6) is 0.462. The van der Waals surface area contributed by atoms with Gasteiger partial charge in [-0.2, -0.15) is 0 Å². The average Bonchev–Trinajstić information content (AvgIpc) is 2.84. The molecule has 1 aromatic rings. The summed E-state index contributed by atoms with van der Waals surface area (Å²) in [6.45, 7) is 8.32. The van der Waals surface area contributed by atoms with Gasteiger partial charge in [-0.25, -0.2) is 4.79 Å². The van der Waals surface area contributed by atoms with Crippen molar-refractivity contribution in [2.24, 2.45) is 0 Å². The van der Waals surface area contributed by atoms with Crippen molar-refractivity contribution in [1.29, 1.82) is 0 Å². The normalized spacial score (nSPS) is 23.6. The van der Waals surface area contributed by atoms with Gasteiger partial charge in [-0.05, 0) is 76.2 Å². The summed E-state index contributed by atoms with van der Waals surface area (Å²) in [4.78, 5) is 32.1. The van der Waals surface area contributed by atoms with Crippen LogP contribution in [0.5, 0.6) is 0 Å². The molecule has 0 aromatic heterocycles. The van der Waals surface area contributed by atoms with Crippen LogP contribution in [-0.2, 0) is 0 Å². The Labute approximate surface area is 187 Å². The predicted octanol–water partition coefficient (Wildman–Crippen LogP) is 3.69. The molecule has 1 unspecified atom stereocenters. The zero-order valence-corrected chi connectivity index (χ0v) is 19.0. The van der Waals surface area contributed by atoms with Crippen molar-refractivity contribution in [3.8, 4) is 0 Å². The van der Waals surface area contributed by atoms with Gasteiger partial charge in [-0.1, -0.05) is 18.6 Å². The summed E-state index contributed by atoms with van der Waals surface area (Å²) >= 11 is 0. The molecule has 3 saturated heterocycles. The standard InChI is InChI=1S/C25H38N4O2/c1-2-26-25(31)29-15-7-10-22(19-29)20-8-6-9-21(18-20)24(30)28-16-11-23(12-17-28)27-13-4-3-5-14-27/h6,8-9,18,22-23H,2-5,7,10-17,19H2,1H3,(H,26,31). The fourth-order valence-electron chi connectivity index (χ4n) is 5.52. The maximum Gasteiger partial charge on any atom is 0.317 e. The van der Waals surface area contributed by atoms with Gasteiger partial charge < -0.3 is 20.0 Å². The van der Waals surface area contributed by atoms with Crippen LogP contribution in [0.1, 0.15) is 73.7 Å². The predicted molar refractivity (Wildman–Crippen MR) is 123 cm³/mol. The molecule has 0 saturated carbocycles. The van der Waals surface area contributed by atoms with Crippen molar-refractivity contribution in [2.75, 3.05) is 45.8 Å². The number of nitrogens with one attached hydrogen (secondary N) is 1. The maximum atomic E-state index is 13.2. The molecule has 1 N–H and O–H groups in total. The largest absolute Gasteiger partial charge is 0.339 e. The Morgan fingerprint density at radius 3 is 2.45 bits per heavy atom. The Morgan fingerprint density at radius 2 is 1.71 bits per heavy atom. The highest BCUT2D eigenvalue weighted by molar-refractivity contribution is 5.94. The first-order valence-corrected chi connectivity index (χ1v) is 12.3. The molecule has 3 heterocycles. The van der Waals surface area contributed by atoms with Gasteiger partial charge in [-0.3, -0.25) is 4.79 Å². The maximum absolute atomic E-state index is 13.2. The third kappa shape index (κ3) is 5.40. The summed E-state index contributed by atoms with van der Waals surface area (Å²) in [6, 6.07) is 8.83. The number of nitrogens with zero attached hydrogens (tertiary/aromatic N) is 3. The molecule has 3 fully saturated rings. The van der Waals surface area contributed by atoms with Gasteiger partial charge >= 0.3 is 6.03 Å². The lowest BCUT2D eigenvalue weighted by Crippen LogP contribution is -2.48. The van der Waals surface area contributed by atoms with Gasteiger partial charge in [-0.15, -0.1) is 0 Å². The highest BCUT2D eigenvalue weighted by Crippen LogP contribution is 2.28. The number of carbonyl (C=O) groups excluding carboxylic acids is 2. The molecule has 0 spiro atoms. The van der Waals surface area contributed by atoms with E-state index in [-0.39, 0.29) is 11.9 Å². The minimum Gasteiger partial charge on any atom is -0.339 e. The van der Waals surface area contributed by atoms with Crippen LogP contribution >= 0.6 is 0 Å². The summed E-state index contributed by atoms with van der Waals surface area (Å²) in [5.41, 5.74) is 1.98. The van der Waals surface area contributed by atoms with E-state index in [1.54, 1.807) is 0 Å². The fourth-order valence-corrected chi connectivity index (χ4v) is 5.52. The second-order valence-corrected chi connectivity index (χ2v) is 9.37. The van der Waals surface area contributed by atoms with E-state index in [0.29, 0.717) is 18.5 Å². The van der Waals surface area contributed by atoms with E-state index in [1.165, 1.54) is 37.9 Å². The highest BCUT2D eigenvalue weighted by Gasteiger charge is 2.29. The zero-order chi connectivity index (χ0) is 21.6. The van der Waals surface area contributed by atoms with Gasteiger partial charge in [0, 0.05) is 50.2 Å². The number of piperidine rings is 3. The molecule has 3 amide bonds. The van der Waals surface area contributed by atoms with E-state index in [0.717, 1.165) is 57.4 Å². The Kier molecular flexibility index (Phi) is 7.49. The topological polar surface area (TPSA) is 55.9 Å². The van der Waals surface area contributed by atoms with Crippen LogP contribution in [0.2, 0.25) is 0 Å². The van der Waals surface area contributed by atoms with E-state index >= 15 is 0 Å². The SMILES string of the molecule is CCNC(=O)N1CCCC(c2cccc(C(=O)N3CCC(N4CCCCC4)CC3)c2)C1. The average molecular weight is 427 g/mol. The summed E-state index contributed by atoms with van der Waals surface area (Å²) in [6.07, 6.45) is 8.27. The van der Waals surface area contributed by atoms with Gasteiger partial charge in [0.25, 0.3) is 5.91 Å². The zero-order valence-electron chi connectivity index (χ0n) is 19.0. The van der Waals surface area contributed by atoms with E-state index in [1.807, 2.05) is 28.9 Å². The third-order valence-electron chi connectivity index (χ3n) is 7.30. The fraction of sp³-hybridized carbons (Fsp3) is 0.680. The lowest BCUT2D eigenvalue weighted by molar-refractivity contribution is 0.0589. The molecule has 4 rings (SSSR count). The van der Waals surface area contributed by atoms with Crippen molar-refractivity contribution >= 4 is 11.9 Å². The minimum absolute atomic E-state index is 0.0241. The van der Waals surface area contributed by atoms with E-state index in [2.05, 4.69) is 22.3 Å². The van der Waals surface area contributed by atoms with Crippen molar-refractivity contribution in [3.63, 3.8) is 0 Å². The van der Waals surface area contributed by atoms with Crippen molar-refractivity contribution < 1.29 is 9.59 Å². The highest BCUT2D eigenvalue weighted by atomic mass is 16.2.